The number of carbonyl (C=O) groups is 1. The second-order valence-electron chi connectivity index (χ2n) is 7.73. The standard InChI is InChI=1S/C18H24N6O/c1-2-15-19-20-16-6-7-17(21-24(15)16)22-8-13-10-23(11-14(13)9-22)18(25)12-4-3-5-12/h6-7,12-14H,2-5,8-11H2,1H3. The van der Waals surface area contributed by atoms with Gasteiger partial charge in [-0.2, -0.15) is 4.52 Å². The highest BCUT2D eigenvalue weighted by atomic mass is 16.2. The van der Waals surface area contributed by atoms with Crippen LogP contribution in [0.4, 0.5) is 5.82 Å². The maximum Gasteiger partial charge on any atom is 0.225 e. The Balaban J connectivity index is 1.30. The molecule has 0 radical (unpaired) electrons. The lowest BCUT2D eigenvalue weighted by atomic mass is 9.84. The zero-order valence-electron chi connectivity index (χ0n) is 14.6. The van der Waals surface area contributed by atoms with Crippen LogP contribution in [0.3, 0.4) is 0 Å². The molecule has 2 aromatic heterocycles. The third-order valence-corrected chi connectivity index (χ3v) is 6.21. The molecule has 1 amide bonds. The molecule has 1 saturated carbocycles. The number of aromatic nitrogens is 4. The summed E-state index contributed by atoms with van der Waals surface area (Å²) in [7, 11) is 0. The van der Waals surface area contributed by atoms with Crippen LogP contribution in [0.25, 0.3) is 5.65 Å². The van der Waals surface area contributed by atoms with Gasteiger partial charge in [0.2, 0.25) is 5.91 Å². The molecule has 3 aliphatic rings. The van der Waals surface area contributed by atoms with E-state index in [4.69, 9.17) is 5.10 Å². The van der Waals surface area contributed by atoms with Crippen molar-refractivity contribution in [2.45, 2.75) is 32.6 Å². The van der Waals surface area contributed by atoms with E-state index in [-0.39, 0.29) is 0 Å². The summed E-state index contributed by atoms with van der Waals surface area (Å²) in [6, 6.07) is 4.04. The Morgan fingerprint density at radius 1 is 1.12 bits per heavy atom. The van der Waals surface area contributed by atoms with Gasteiger partial charge in [-0.1, -0.05) is 13.3 Å². The zero-order valence-corrected chi connectivity index (χ0v) is 14.6. The minimum atomic E-state index is 0.320. The lowest BCUT2D eigenvalue weighted by molar-refractivity contribution is -0.137. The van der Waals surface area contributed by atoms with E-state index in [1.165, 1.54) is 6.42 Å². The third kappa shape index (κ3) is 2.40. The highest BCUT2D eigenvalue weighted by Crippen LogP contribution is 2.36. The summed E-state index contributed by atoms with van der Waals surface area (Å²) in [4.78, 5) is 17.0. The number of nitrogens with zero attached hydrogens (tertiary/aromatic N) is 6. The van der Waals surface area contributed by atoms with Crippen molar-refractivity contribution in [3.05, 3.63) is 18.0 Å². The smallest absolute Gasteiger partial charge is 0.225 e. The van der Waals surface area contributed by atoms with Gasteiger partial charge < -0.3 is 9.80 Å². The van der Waals surface area contributed by atoms with E-state index in [9.17, 15) is 4.79 Å². The largest absolute Gasteiger partial charge is 0.354 e. The molecule has 1 aliphatic carbocycles. The van der Waals surface area contributed by atoms with Gasteiger partial charge in [-0.25, -0.2) is 0 Å². The first-order valence-corrected chi connectivity index (χ1v) is 9.48. The first-order valence-electron chi connectivity index (χ1n) is 9.48. The van der Waals surface area contributed by atoms with Crippen LogP contribution in [0, 0.1) is 17.8 Å². The number of fused-ring (bicyclic) bond motifs is 2. The number of aryl methyl sites for hydroxylation is 1. The fourth-order valence-electron chi connectivity index (χ4n) is 4.49. The van der Waals surface area contributed by atoms with Gasteiger partial charge in [0.05, 0.1) is 0 Å². The summed E-state index contributed by atoms with van der Waals surface area (Å²) in [5.41, 5.74) is 0.803. The van der Waals surface area contributed by atoms with E-state index in [1.54, 1.807) is 0 Å². The van der Waals surface area contributed by atoms with Crippen molar-refractivity contribution in [1.82, 2.24) is 24.7 Å². The maximum absolute atomic E-state index is 12.5. The highest BCUT2D eigenvalue weighted by Gasteiger charge is 2.43. The maximum atomic E-state index is 12.5. The Labute approximate surface area is 147 Å². The van der Waals surface area contributed by atoms with Crippen LogP contribution in [0.1, 0.15) is 32.0 Å². The second-order valence-corrected chi connectivity index (χ2v) is 7.73. The molecule has 7 nitrogen and oxygen atoms in total. The molecule has 0 N–H and O–H groups in total. The molecule has 4 heterocycles. The number of hydrogen-bond donors (Lipinski definition) is 0. The minimum absolute atomic E-state index is 0.320. The lowest BCUT2D eigenvalue weighted by Crippen LogP contribution is -2.39. The summed E-state index contributed by atoms with van der Waals surface area (Å²) in [5.74, 6) is 3.77. The van der Waals surface area contributed by atoms with Crippen LogP contribution in [0.5, 0.6) is 0 Å². The molecule has 0 bridgehead atoms. The quantitative estimate of drug-likeness (QED) is 0.844. The van der Waals surface area contributed by atoms with Crippen molar-refractivity contribution in [2.75, 3.05) is 31.1 Å². The van der Waals surface area contributed by atoms with Crippen LogP contribution < -0.4 is 4.90 Å². The van der Waals surface area contributed by atoms with Crippen LogP contribution in [-0.4, -0.2) is 56.8 Å². The fourth-order valence-corrected chi connectivity index (χ4v) is 4.49. The van der Waals surface area contributed by atoms with Crippen LogP contribution in [0.15, 0.2) is 12.1 Å². The molecule has 2 aromatic rings. The SMILES string of the molecule is CCc1nnc2ccc(N3CC4CN(C(=O)C5CCC5)CC4C3)nn12. The normalized spacial score (nSPS) is 26.3. The molecular weight excluding hydrogens is 316 g/mol. The first kappa shape index (κ1) is 15.1. The number of carbonyl (C=O) groups excluding carboxylic acids is 1. The van der Waals surface area contributed by atoms with Gasteiger partial charge in [-0.15, -0.1) is 15.3 Å². The molecule has 132 valence electrons. The number of likely N-dealkylation sites (tertiary alicyclic amines) is 1. The Morgan fingerprint density at radius 2 is 1.88 bits per heavy atom. The topological polar surface area (TPSA) is 66.6 Å². The summed E-state index contributed by atoms with van der Waals surface area (Å²) in [6.07, 6.45) is 4.24. The summed E-state index contributed by atoms with van der Waals surface area (Å²) in [6.45, 7) is 5.89. The van der Waals surface area contributed by atoms with Crippen molar-refractivity contribution >= 4 is 17.4 Å². The van der Waals surface area contributed by atoms with Crippen LogP contribution >= 0.6 is 0 Å². The molecule has 2 saturated heterocycles. The lowest BCUT2D eigenvalue weighted by Gasteiger charge is -2.30. The first-order chi connectivity index (χ1) is 12.2. The predicted molar refractivity (Wildman–Crippen MR) is 93.3 cm³/mol. The second kappa shape index (κ2) is 5.68. The van der Waals surface area contributed by atoms with Gasteiger partial charge in [0.25, 0.3) is 0 Å². The van der Waals surface area contributed by atoms with Gasteiger partial charge in [0.15, 0.2) is 11.5 Å². The Bertz CT molecular complexity index is 799. The van der Waals surface area contributed by atoms with Crippen molar-refractivity contribution in [3.63, 3.8) is 0 Å². The predicted octanol–water partition coefficient (Wildman–Crippen LogP) is 1.38. The van der Waals surface area contributed by atoms with Gasteiger partial charge in [-0.3, -0.25) is 4.79 Å². The summed E-state index contributed by atoms with van der Waals surface area (Å²) < 4.78 is 1.86. The zero-order chi connectivity index (χ0) is 17.0. The van der Waals surface area contributed by atoms with E-state index in [1.807, 2.05) is 16.6 Å². The number of rotatable bonds is 3. The van der Waals surface area contributed by atoms with Crippen molar-refractivity contribution < 1.29 is 4.79 Å². The van der Waals surface area contributed by atoms with E-state index < -0.39 is 0 Å². The van der Waals surface area contributed by atoms with Crippen molar-refractivity contribution in [3.8, 4) is 0 Å². The number of hydrogen-bond acceptors (Lipinski definition) is 5. The van der Waals surface area contributed by atoms with E-state index >= 15 is 0 Å². The summed E-state index contributed by atoms with van der Waals surface area (Å²) >= 11 is 0. The Hall–Kier alpha value is -2.18. The third-order valence-electron chi connectivity index (χ3n) is 6.21. The van der Waals surface area contributed by atoms with Gasteiger partial charge >= 0.3 is 0 Å². The molecule has 2 unspecified atom stereocenters. The summed E-state index contributed by atoms with van der Waals surface area (Å²) in [5, 5.41) is 13.1. The highest BCUT2D eigenvalue weighted by molar-refractivity contribution is 5.80. The Kier molecular flexibility index (Phi) is 3.43. The van der Waals surface area contributed by atoms with E-state index in [0.29, 0.717) is 23.7 Å². The minimum Gasteiger partial charge on any atom is -0.354 e. The fraction of sp³-hybridized carbons (Fsp3) is 0.667. The molecule has 7 heteroatoms. The molecule has 2 aliphatic heterocycles. The van der Waals surface area contributed by atoms with E-state index in [0.717, 1.165) is 62.7 Å². The van der Waals surface area contributed by atoms with E-state index in [2.05, 4.69) is 26.9 Å². The van der Waals surface area contributed by atoms with Gasteiger partial charge in [0.1, 0.15) is 5.82 Å². The molecule has 0 aromatic carbocycles. The van der Waals surface area contributed by atoms with Gasteiger partial charge in [-0.05, 0) is 25.0 Å². The van der Waals surface area contributed by atoms with Crippen LogP contribution in [0.2, 0.25) is 0 Å². The molecule has 3 fully saturated rings. The average molecular weight is 340 g/mol. The van der Waals surface area contributed by atoms with Crippen molar-refractivity contribution in [1.29, 1.82) is 0 Å². The number of anilines is 1. The number of amides is 1. The molecular formula is C18H24N6O. The molecule has 2 atom stereocenters. The molecule has 5 rings (SSSR count). The monoisotopic (exact) mass is 340 g/mol. The average Bonchev–Trinajstić information content (AvgIpc) is 3.24. The Morgan fingerprint density at radius 3 is 2.52 bits per heavy atom. The molecule has 25 heavy (non-hydrogen) atoms. The van der Waals surface area contributed by atoms with Crippen LogP contribution in [-0.2, 0) is 11.2 Å². The molecule has 0 spiro atoms. The van der Waals surface area contributed by atoms with Gasteiger partial charge in [0, 0.05) is 50.4 Å². The van der Waals surface area contributed by atoms with Crippen molar-refractivity contribution in [2.24, 2.45) is 17.8 Å².